The van der Waals surface area contributed by atoms with E-state index >= 15 is 0 Å². The first-order valence-corrected chi connectivity index (χ1v) is 4.71. The normalized spacial score (nSPS) is 13.7. The zero-order valence-electron chi connectivity index (χ0n) is 9.08. The first-order chi connectivity index (χ1) is 6.93. The van der Waals surface area contributed by atoms with E-state index in [1.165, 1.54) is 6.08 Å². The summed E-state index contributed by atoms with van der Waals surface area (Å²) in [5.74, 6) is -0.955. The van der Waals surface area contributed by atoms with E-state index in [2.05, 4.69) is 11.9 Å². The van der Waals surface area contributed by atoms with Crippen molar-refractivity contribution < 1.29 is 19.4 Å². The standard InChI is InChI=1S/C10H17NO4/c1-4-6-15-9(14)11-10(3,5-2)7-8(12)13/h4H,1,5-7H2,2-3H3,(H,11,14)(H,12,13). The predicted molar refractivity (Wildman–Crippen MR) is 55.6 cm³/mol. The lowest BCUT2D eigenvalue weighted by atomic mass is 9.95. The number of carboxylic acid groups (broad SMARTS) is 1. The number of ether oxygens (including phenoxy) is 1. The first-order valence-electron chi connectivity index (χ1n) is 4.71. The Morgan fingerprint density at radius 3 is 2.60 bits per heavy atom. The number of hydrogen-bond donors (Lipinski definition) is 2. The van der Waals surface area contributed by atoms with Gasteiger partial charge in [-0.05, 0) is 13.3 Å². The number of carbonyl (C=O) groups is 2. The van der Waals surface area contributed by atoms with Crippen molar-refractivity contribution in [2.24, 2.45) is 0 Å². The highest BCUT2D eigenvalue weighted by Crippen LogP contribution is 2.14. The highest BCUT2D eigenvalue weighted by molar-refractivity contribution is 5.72. The minimum absolute atomic E-state index is 0.110. The Kier molecular flexibility index (Phi) is 5.44. The zero-order chi connectivity index (χ0) is 11.9. The Labute approximate surface area is 89.1 Å². The number of aliphatic carboxylic acids is 1. The lowest BCUT2D eigenvalue weighted by Crippen LogP contribution is -2.47. The van der Waals surface area contributed by atoms with Gasteiger partial charge in [-0.25, -0.2) is 4.79 Å². The molecule has 5 nitrogen and oxygen atoms in total. The van der Waals surface area contributed by atoms with Gasteiger partial charge in [0.2, 0.25) is 0 Å². The van der Waals surface area contributed by atoms with E-state index in [1.807, 2.05) is 0 Å². The van der Waals surface area contributed by atoms with Crippen molar-refractivity contribution in [3.63, 3.8) is 0 Å². The summed E-state index contributed by atoms with van der Waals surface area (Å²) in [6.45, 7) is 6.97. The third-order valence-corrected chi connectivity index (χ3v) is 2.06. The fraction of sp³-hybridized carbons (Fsp3) is 0.600. The predicted octanol–water partition coefficient (Wildman–Crippen LogP) is 1.54. The SMILES string of the molecule is C=CCOC(=O)NC(C)(CC)CC(=O)O. The van der Waals surface area contributed by atoms with Crippen LogP contribution >= 0.6 is 0 Å². The van der Waals surface area contributed by atoms with Gasteiger partial charge in [0.05, 0.1) is 12.0 Å². The molecule has 0 aromatic carbocycles. The van der Waals surface area contributed by atoms with Gasteiger partial charge in [0.1, 0.15) is 6.61 Å². The van der Waals surface area contributed by atoms with Gasteiger partial charge < -0.3 is 15.2 Å². The van der Waals surface area contributed by atoms with Crippen LogP contribution in [0.4, 0.5) is 4.79 Å². The number of hydrogen-bond acceptors (Lipinski definition) is 3. The summed E-state index contributed by atoms with van der Waals surface area (Å²) in [5, 5.41) is 11.2. The second-order valence-electron chi connectivity index (χ2n) is 3.50. The fourth-order valence-corrected chi connectivity index (χ4v) is 1.01. The quantitative estimate of drug-likeness (QED) is 0.659. The Bertz CT molecular complexity index is 252. The molecule has 0 rings (SSSR count). The molecule has 0 spiro atoms. The second-order valence-corrected chi connectivity index (χ2v) is 3.50. The Hall–Kier alpha value is -1.52. The smallest absolute Gasteiger partial charge is 0.407 e. The van der Waals surface area contributed by atoms with Crippen LogP contribution in [0.5, 0.6) is 0 Å². The summed E-state index contributed by atoms with van der Waals surface area (Å²) in [4.78, 5) is 21.7. The Balaban J connectivity index is 4.23. The van der Waals surface area contributed by atoms with Crippen molar-refractivity contribution in [2.75, 3.05) is 6.61 Å². The monoisotopic (exact) mass is 215 g/mol. The molecule has 1 amide bonds. The Morgan fingerprint density at radius 1 is 1.60 bits per heavy atom. The van der Waals surface area contributed by atoms with Crippen molar-refractivity contribution in [2.45, 2.75) is 32.2 Å². The molecule has 5 heteroatoms. The van der Waals surface area contributed by atoms with E-state index in [0.29, 0.717) is 6.42 Å². The Morgan fingerprint density at radius 2 is 2.20 bits per heavy atom. The van der Waals surface area contributed by atoms with Crippen LogP contribution in [0.3, 0.4) is 0 Å². The number of nitrogens with one attached hydrogen (secondary N) is 1. The van der Waals surface area contributed by atoms with E-state index < -0.39 is 17.6 Å². The molecule has 0 aliphatic rings. The van der Waals surface area contributed by atoms with Gasteiger partial charge in [0.25, 0.3) is 0 Å². The van der Waals surface area contributed by atoms with Gasteiger partial charge in [-0.15, -0.1) is 0 Å². The van der Waals surface area contributed by atoms with Crippen LogP contribution in [0.15, 0.2) is 12.7 Å². The van der Waals surface area contributed by atoms with Crippen LogP contribution < -0.4 is 5.32 Å². The molecule has 0 fully saturated rings. The number of alkyl carbamates (subject to hydrolysis) is 1. The molecular weight excluding hydrogens is 198 g/mol. The molecule has 0 saturated carbocycles. The van der Waals surface area contributed by atoms with E-state index in [-0.39, 0.29) is 13.0 Å². The van der Waals surface area contributed by atoms with Gasteiger partial charge in [-0.2, -0.15) is 0 Å². The van der Waals surface area contributed by atoms with Gasteiger partial charge >= 0.3 is 12.1 Å². The molecule has 0 bridgehead atoms. The average Bonchev–Trinajstić information content (AvgIpc) is 2.13. The van der Waals surface area contributed by atoms with Crippen molar-refractivity contribution in [3.05, 3.63) is 12.7 Å². The highest BCUT2D eigenvalue weighted by Gasteiger charge is 2.27. The van der Waals surface area contributed by atoms with Crippen LogP contribution in [0.25, 0.3) is 0 Å². The lowest BCUT2D eigenvalue weighted by molar-refractivity contribution is -0.138. The number of carbonyl (C=O) groups excluding carboxylic acids is 1. The lowest BCUT2D eigenvalue weighted by Gasteiger charge is -2.27. The van der Waals surface area contributed by atoms with Crippen LogP contribution in [-0.4, -0.2) is 29.3 Å². The van der Waals surface area contributed by atoms with E-state index in [0.717, 1.165) is 0 Å². The van der Waals surface area contributed by atoms with Crippen LogP contribution in [0.2, 0.25) is 0 Å². The largest absolute Gasteiger partial charge is 0.481 e. The molecule has 1 atom stereocenters. The van der Waals surface area contributed by atoms with Gasteiger partial charge in [0, 0.05) is 0 Å². The number of amides is 1. The third-order valence-electron chi connectivity index (χ3n) is 2.06. The molecule has 0 saturated heterocycles. The first kappa shape index (κ1) is 13.5. The maximum atomic E-state index is 11.2. The molecule has 0 aromatic rings. The van der Waals surface area contributed by atoms with E-state index in [1.54, 1.807) is 13.8 Å². The molecule has 0 aliphatic heterocycles. The minimum atomic E-state index is -0.955. The molecule has 0 heterocycles. The summed E-state index contributed by atoms with van der Waals surface area (Å²) in [5.41, 5.74) is -0.774. The highest BCUT2D eigenvalue weighted by atomic mass is 16.5. The van der Waals surface area contributed by atoms with Gasteiger partial charge in [-0.3, -0.25) is 4.79 Å². The van der Waals surface area contributed by atoms with Crippen molar-refractivity contribution >= 4 is 12.1 Å². The molecular formula is C10H17NO4. The van der Waals surface area contributed by atoms with Crippen molar-refractivity contribution in [1.82, 2.24) is 5.32 Å². The molecule has 2 N–H and O–H groups in total. The maximum Gasteiger partial charge on any atom is 0.407 e. The van der Waals surface area contributed by atoms with Crippen LogP contribution in [-0.2, 0) is 9.53 Å². The molecule has 1 unspecified atom stereocenters. The van der Waals surface area contributed by atoms with E-state index in [4.69, 9.17) is 9.84 Å². The fourth-order valence-electron chi connectivity index (χ4n) is 1.01. The zero-order valence-corrected chi connectivity index (χ0v) is 9.08. The number of rotatable bonds is 6. The van der Waals surface area contributed by atoms with Crippen molar-refractivity contribution in [1.29, 1.82) is 0 Å². The summed E-state index contributed by atoms with van der Waals surface area (Å²) >= 11 is 0. The topological polar surface area (TPSA) is 75.6 Å². The summed E-state index contributed by atoms with van der Waals surface area (Å²) in [6.07, 6.45) is 1.20. The molecule has 0 radical (unpaired) electrons. The van der Waals surface area contributed by atoms with E-state index in [9.17, 15) is 9.59 Å². The van der Waals surface area contributed by atoms with Crippen LogP contribution in [0.1, 0.15) is 26.7 Å². The molecule has 0 aliphatic carbocycles. The second kappa shape index (κ2) is 6.06. The molecule has 0 aromatic heterocycles. The summed E-state index contributed by atoms with van der Waals surface area (Å²) in [7, 11) is 0. The maximum absolute atomic E-state index is 11.2. The average molecular weight is 215 g/mol. The van der Waals surface area contributed by atoms with Gasteiger partial charge in [0.15, 0.2) is 0 Å². The number of carboxylic acids is 1. The van der Waals surface area contributed by atoms with Crippen molar-refractivity contribution in [3.8, 4) is 0 Å². The molecule has 86 valence electrons. The summed E-state index contributed by atoms with van der Waals surface area (Å²) in [6, 6.07) is 0. The molecule has 15 heavy (non-hydrogen) atoms. The third kappa shape index (κ3) is 5.72. The van der Waals surface area contributed by atoms with Gasteiger partial charge in [-0.1, -0.05) is 19.6 Å². The van der Waals surface area contributed by atoms with Crippen LogP contribution in [0, 0.1) is 0 Å². The summed E-state index contributed by atoms with van der Waals surface area (Å²) < 4.78 is 4.71. The minimum Gasteiger partial charge on any atom is -0.481 e.